The Labute approximate surface area is 138 Å². The molecule has 0 N–H and O–H groups in total. The van der Waals surface area contributed by atoms with Crippen molar-refractivity contribution in [3.8, 4) is 5.69 Å². The van der Waals surface area contributed by atoms with Gasteiger partial charge in [0.25, 0.3) is 0 Å². The Morgan fingerprint density at radius 1 is 0.739 bits per heavy atom. The molecule has 0 radical (unpaired) electrons. The first-order valence-electron chi connectivity index (χ1n) is 7.49. The van der Waals surface area contributed by atoms with E-state index in [2.05, 4.69) is 76.2 Å². The molecule has 5 aromatic rings. The van der Waals surface area contributed by atoms with Gasteiger partial charge in [-0.25, -0.2) is 4.98 Å². The van der Waals surface area contributed by atoms with E-state index in [-0.39, 0.29) is 0 Å². The standard InChI is InChI=1S/C19H13N3S/c23-14-7-5-6-13(12-14)21-17-10-3-4-11-18(17)22-16-9-2-1-8-15(16)20-19(21)22/h1-12,23H. The summed E-state index contributed by atoms with van der Waals surface area (Å²) in [4.78, 5) is 5.80. The van der Waals surface area contributed by atoms with E-state index >= 15 is 0 Å². The van der Waals surface area contributed by atoms with Crippen molar-refractivity contribution < 1.29 is 0 Å². The highest BCUT2D eigenvalue weighted by Crippen LogP contribution is 2.29. The predicted molar refractivity (Wildman–Crippen MR) is 96.8 cm³/mol. The average Bonchev–Trinajstić information content (AvgIpc) is 3.09. The fourth-order valence-electron chi connectivity index (χ4n) is 3.24. The first-order valence-corrected chi connectivity index (χ1v) is 7.94. The van der Waals surface area contributed by atoms with Crippen molar-refractivity contribution in [3.05, 3.63) is 72.8 Å². The Balaban J connectivity index is 2.04. The molecule has 5 rings (SSSR count). The van der Waals surface area contributed by atoms with Gasteiger partial charge in [0.05, 0.1) is 27.8 Å². The molecule has 0 unspecified atom stereocenters. The Morgan fingerprint density at radius 2 is 1.48 bits per heavy atom. The lowest BCUT2D eigenvalue weighted by molar-refractivity contribution is 1.10. The van der Waals surface area contributed by atoms with Crippen LogP contribution >= 0.6 is 12.6 Å². The van der Waals surface area contributed by atoms with Crippen LogP contribution in [0.2, 0.25) is 0 Å². The summed E-state index contributed by atoms with van der Waals surface area (Å²) in [5.74, 6) is 0.923. The van der Waals surface area contributed by atoms with E-state index in [4.69, 9.17) is 4.98 Å². The summed E-state index contributed by atoms with van der Waals surface area (Å²) in [5.41, 5.74) is 5.49. The van der Waals surface area contributed by atoms with E-state index in [1.807, 2.05) is 18.2 Å². The monoisotopic (exact) mass is 315 g/mol. The smallest absolute Gasteiger partial charge is 0.220 e. The number of imidazole rings is 2. The van der Waals surface area contributed by atoms with Crippen LogP contribution in [0.15, 0.2) is 77.7 Å². The maximum absolute atomic E-state index is 4.86. The van der Waals surface area contributed by atoms with Crippen molar-refractivity contribution in [2.75, 3.05) is 0 Å². The molecule has 3 aromatic carbocycles. The number of thiol groups is 1. The third-order valence-corrected chi connectivity index (χ3v) is 4.47. The zero-order valence-electron chi connectivity index (χ0n) is 12.2. The summed E-state index contributed by atoms with van der Waals surface area (Å²) in [6.45, 7) is 0. The van der Waals surface area contributed by atoms with Crippen molar-refractivity contribution in [1.82, 2.24) is 14.0 Å². The van der Waals surface area contributed by atoms with Gasteiger partial charge in [-0.05, 0) is 42.5 Å². The van der Waals surface area contributed by atoms with E-state index < -0.39 is 0 Å². The molecule has 0 aliphatic heterocycles. The van der Waals surface area contributed by atoms with E-state index in [9.17, 15) is 0 Å². The van der Waals surface area contributed by atoms with E-state index in [1.54, 1.807) is 0 Å². The van der Waals surface area contributed by atoms with Crippen molar-refractivity contribution in [3.63, 3.8) is 0 Å². The third-order valence-electron chi connectivity index (χ3n) is 4.19. The molecule has 2 aromatic heterocycles. The molecule has 110 valence electrons. The quantitative estimate of drug-likeness (QED) is 0.444. The van der Waals surface area contributed by atoms with Crippen LogP contribution in [0, 0.1) is 0 Å². The molecule has 4 heteroatoms. The van der Waals surface area contributed by atoms with Gasteiger partial charge in [-0.3, -0.25) is 8.97 Å². The normalized spacial score (nSPS) is 11.7. The van der Waals surface area contributed by atoms with Gasteiger partial charge in [-0.15, -0.1) is 12.6 Å². The average molecular weight is 315 g/mol. The number of fused-ring (bicyclic) bond motifs is 5. The second-order valence-corrected chi connectivity index (χ2v) is 6.10. The molecule has 3 nitrogen and oxygen atoms in total. The first-order chi connectivity index (χ1) is 11.3. The fraction of sp³-hybridized carbons (Fsp3) is 0. The maximum Gasteiger partial charge on any atom is 0.220 e. The lowest BCUT2D eigenvalue weighted by Gasteiger charge is -2.05. The van der Waals surface area contributed by atoms with Gasteiger partial charge in [0, 0.05) is 4.90 Å². The highest BCUT2D eigenvalue weighted by molar-refractivity contribution is 7.80. The van der Waals surface area contributed by atoms with Gasteiger partial charge in [-0.1, -0.05) is 30.3 Å². The molecule has 0 saturated carbocycles. The van der Waals surface area contributed by atoms with Crippen molar-refractivity contribution in [2.24, 2.45) is 0 Å². The molecular formula is C19H13N3S. The Bertz CT molecular complexity index is 1180. The van der Waals surface area contributed by atoms with Crippen LogP contribution < -0.4 is 0 Å². The maximum atomic E-state index is 4.86. The largest absolute Gasteiger partial charge is 0.278 e. The Morgan fingerprint density at radius 3 is 2.30 bits per heavy atom. The number of benzene rings is 3. The fourth-order valence-corrected chi connectivity index (χ4v) is 3.46. The molecule has 0 bridgehead atoms. The van der Waals surface area contributed by atoms with Crippen molar-refractivity contribution >= 4 is 40.5 Å². The van der Waals surface area contributed by atoms with Crippen LogP contribution in [0.25, 0.3) is 33.5 Å². The van der Waals surface area contributed by atoms with Crippen LogP contribution in [0.4, 0.5) is 0 Å². The van der Waals surface area contributed by atoms with Crippen LogP contribution in [-0.4, -0.2) is 14.0 Å². The highest BCUT2D eigenvalue weighted by atomic mass is 32.1. The molecule has 0 amide bonds. The summed E-state index contributed by atoms with van der Waals surface area (Å²) >= 11 is 4.48. The van der Waals surface area contributed by atoms with Gasteiger partial charge < -0.3 is 0 Å². The summed E-state index contributed by atoms with van der Waals surface area (Å²) in [6, 6.07) is 24.8. The number of rotatable bonds is 1. The first kappa shape index (κ1) is 12.8. The third kappa shape index (κ3) is 1.75. The zero-order chi connectivity index (χ0) is 15.4. The summed E-state index contributed by atoms with van der Waals surface area (Å²) in [7, 11) is 0. The summed E-state index contributed by atoms with van der Waals surface area (Å²) in [6.07, 6.45) is 0. The zero-order valence-corrected chi connectivity index (χ0v) is 13.1. The molecule has 23 heavy (non-hydrogen) atoms. The predicted octanol–water partition coefficient (Wildman–Crippen LogP) is 4.72. The number of hydrogen-bond acceptors (Lipinski definition) is 2. The van der Waals surface area contributed by atoms with E-state index in [0.29, 0.717) is 0 Å². The highest BCUT2D eigenvalue weighted by Gasteiger charge is 2.16. The molecule has 0 atom stereocenters. The van der Waals surface area contributed by atoms with Crippen molar-refractivity contribution in [1.29, 1.82) is 0 Å². The molecule has 0 saturated heterocycles. The molecule has 0 spiro atoms. The number of nitrogens with zero attached hydrogens (tertiary/aromatic N) is 3. The second-order valence-electron chi connectivity index (χ2n) is 5.58. The lowest BCUT2D eigenvalue weighted by Crippen LogP contribution is -1.94. The van der Waals surface area contributed by atoms with Crippen LogP contribution in [0.5, 0.6) is 0 Å². The SMILES string of the molecule is Sc1cccc(-n2c3ccccc3n3c4ccccc4nc23)c1. The molecule has 0 aliphatic carbocycles. The number of aromatic nitrogens is 3. The molecule has 2 heterocycles. The van der Waals surface area contributed by atoms with E-state index in [0.717, 1.165) is 38.4 Å². The topological polar surface area (TPSA) is 22.2 Å². The minimum absolute atomic E-state index is 0.923. The second kappa shape index (κ2) is 4.64. The van der Waals surface area contributed by atoms with Crippen molar-refractivity contribution in [2.45, 2.75) is 4.90 Å². The number of hydrogen-bond donors (Lipinski definition) is 1. The molecular weight excluding hydrogens is 302 g/mol. The van der Waals surface area contributed by atoms with Gasteiger partial charge in [-0.2, -0.15) is 0 Å². The summed E-state index contributed by atoms with van der Waals surface area (Å²) in [5, 5.41) is 0. The minimum Gasteiger partial charge on any atom is -0.278 e. The van der Waals surface area contributed by atoms with Gasteiger partial charge in [0.2, 0.25) is 5.78 Å². The Kier molecular flexibility index (Phi) is 2.58. The lowest BCUT2D eigenvalue weighted by atomic mass is 10.2. The van der Waals surface area contributed by atoms with Crippen LogP contribution in [0.3, 0.4) is 0 Å². The summed E-state index contributed by atoms with van der Waals surface area (Å²) < 4.78 is 4.41. The van der Waals surface area contributed by atoms with Gasteiger partial charge in [0.15, 0.2) is 0 Å². The number of para-hydroxylation sites is 4. The van der Waals surface area contributed by atoms with E-state index in [1.165, 1.54) is 0 Å². The minimum atomic E-state index is 0.923. The molecule has 0 fully saturated rings. The van der Waals surface area contributed by atoms with Crippen LogP contribution in [-0.2, 0) is 0 Å². The Hall–Kier alpha value is -2.72. The van der Waals surface area contributed by atoms with Crippen LogP contribution in [0.1, 0.15) is 0 Å². The van der Waals surface area contributed by atoms with Gasteiger partial charge in [0.1, 0.15) is 0 Å². The van der Waals surface area contributed by atoms with Gasteiger partial charge >= 0.3 is 0 Å². The molecule has 0 aliphatic rings.